The van der Waals surface area contributed by atoms with Crippen molar-refractivity contribution in [2.24, 2.45) is 0 Å². The van der Waals surface area contributed by atoms with Crippen LogP contribution in [0.3, 0.4) is 0 Å². The summed E-state index contributed by atoms with van der Waals surface area (Å²) in [5, 5.41) is 2.33. The summed E-state index contributed by atoms with van der Waals surface area (Å²) < 4.78 is 32.0. The van der Waals surface area contributed by atoms with Crippen LogP contribution in [-0.4, -0.2) is 38.8 Å². The van der Waals surface area contributed by atoms with Gasteiger partial charge in [0, 0.05) is 20.0 Å². The Balaban J connectivity index is 1.90. The lowest BCUT2D eigenvalue weighted by molar-refractivity contribution is -0.118. The molecule has 1 amide bonds. The van der Waals surface area contributed by atoms with E-state index >= 15 is 0 Å². The molecule has 29 heavy (non-hydrogen) atoms. The lowest BCUT2D eigenvalue weighted by Crippen LogP contribution is -2.37. The van der Waals surface area contributed by atoms with Crippen LogP contribution in [0.4, 0.5) is 0 Å². The van der Waals surface area contributed by atoms with Crippen LogP contribution in [0, 0.1) is 0 Å². The summed E-state index contributed by atoms with van der Waals surface area (Å²) in [6.45, 7) is 7.48. The molecule has 158 valence electrons. The fourth-order valence-electron chi connectivity index (χ4n) is 2.65. The minimum atomic E-state index is -3.29. The van der Waals surface area contributed by atoms with Crippen molar-refractivity contribution in [2.75, 3.05) is 13.1 Å². The highest BCUT2D eigenvalue weighted by Gasteiger charge is 2.16. The van der Waals surface area contributed by atoms with Gasteiger partial charge in [0.2, 0.25) is 15.9 Å². The monoisotopic (exact) mass is 418 g/mol. The van der Waals surface area contributed by atoms with Gasteiger partial charge < -0.3 is 10.1 Å². The molecule has 1 atom stereocenters. The highest BCUT2D eigenvalue weighted by molar-refractivity contribution is 7.90. The third-order valence-electron chi connectivity index (χ3n) is 4.46. The molecular formula is C22H30N2O4S. The van der Waals surface area contributed by atoms with Crippen molar-refractivity contribution >= 4 is 15.9 Å². The largest absolute Gasteiger partial charge is 0.489 e. The van der Waals surface area contributed by atoms with Crippen molar-refractivity contribution in [3.05, 3.63) is 54.1 Å². The van der Waals surface area contributed by atoms with Crippen LogP contribution in [0.2, 0.25) is 0 Å². The first kappa shape index (κ1) is 22.9. The van der Waals surface area contributed by atoms with E-state index in [1.807, 2.05) is 31.2 Å². The number of carbonyl (C=O) groups is 1. The van der Waals surface area contributed by atoms with Gasteiger partial charge >= 0.3 is 0 Å². The van der Waals surface area contributed by atoms with Crippen LogP contribution >= 0.6 is 0 Å². The lowest BCUT2D eigenvalue weighted by atomic mass is 10.0. The Morgan fingerprint density at radius 3 is 2.03 bits per heavy atom. The average molecular weight is 419 g/mol. The average Bonchev–Trinajstić information content (AvgIpc) is 2.67. The molecule has 0 saturated heterocycles. The molecule has 2 rings (SSSR count). The van der Waals surface area contributed by atoms with E-state index in [1.165, 1.54) is 12.5 Å². The summed E-state index contributed by atoms with van der Waals surface area (Å²) in [4.78, 5) is 10.9. The topological polar surface area (TPSA) is 84.5 Å². The first-order chi connectivity index (χ1) is 13.7. The first-order valence-corrected chi connectivity index (χ1v) is 11.3. The van der Waals surface area contributed by atoms with Crippen molar-refractivity contribution in [3.8, 4) is 16.9 Å². The van der Waals surface area contributed by atoms with Crippen LogP contribution in [0.25, 0.3) is 11.1 Å². The first-order valence-electron chi connectivity index (χ1n) is 9.76. The smallest absolute Gasteiger partial charge is 0.216 e. The third kappa shape index (κ3) is 7.51. The van der Waals surface area contributed by atoms with Gasteiger partial charge in [0.25, 0.3) is 0 Å². The fourth-order valence-corrected chi connectivity index (χ4v) is 3.45. The molecule has 2 N–H and O–H groups in total. The molecule has 0 bridgehead atoms. The van der Waals surface area contributed by atoms with Gasteiger partial charge in [0.15, 0.2) is 0 Å². The predicted octanol–water partition coefficient (Wildman–Crippen LogP) is 3.13. The predicted molar refractivity (Wildman–Crippen MR) is 116 cm³/mol. The van der Waals surface area contributed by atoms with Crippen molar-refractivity contribution in [2.45, 2.75) is 45.5 Å². The summed E-state index contributed by atoms with van der Waals surface area (Å²) >= 11 is 0. The van der Waals surface area contributed by atoms with Crippen LogP contribution in [0.5, 0.6) is 5.75 Å². The third-order valence-corrected chi connectivity index (χ3v) is 6.27. The molecule has 2 aromatic carbocycles. The quantitative estimate of drug-likeness (QED) is 0.621. The van der Waals surface area contributed by atoms with Crippen molar-refractivity contribution in [1.29, 1.82) is 0 Å². The Labute approximate surface area is 173 Å². The fraction of sp³-hybridized carbons (Fsp3) is 0.409. The van der Waals surface area contributed by atoms with Gasteiger partial charge in [-0.25, -0.2) is 13.1 Å². The van der Waals surface area contributed by atoms with Gasteiger partial charge in [-0.05, 0) is 56.0 Å². The van der Waals surface area contributed by atoms with Crippen LogP contribution in [0.15, 0.2) is 48.5 Å². The zero-order valence-corrected chi connectivity index (χ0v) is 18.3. The standard InChI is InChI=1S/C22H30N2O4S/c1-16(2)29(26,27)24-15-17(3)28-22-11-9-21(10-12-22)20-7-5-19(6-8-20)13-14-23-18(4)25/h5-12,16-17,24H,13-15H2,1-4H3,(H,23,25). The molecule has 0 aliphatic rings. The van der Waals surface area contributed by atoms with Gasteiger partial charge in [-0.15, -0.1) is 0 Å². The van der Waals surface area contributed by atoms with Crippen LogP contribution in [0.1, 0.15) is 33.3 Å². The van der Waals surface area contributed by atoms with E-state index in [1.54, 1.807) is 13.8 Å². The second-order valence-electron chi connectivity index (χ2n) is 7.32. The summed E-state index contributed by atoms with van der Waals surface area (Å²) in [7, 11) is -3.29. The van der Waals surface area contributed by atoms with Crippen molar-refractivity contribution in [3.63, 3.8) is 0 Å². The Bertz CT molecular complexity index is 891. The molecule has 0 saturated carbocycles. The number of nitrogens with one attached hydrogen (secondary N) is 2. The number of carbonyl (C=O) groups excluding carboxylic acids is 1. The maximum absolute atomic E-state index is 11.8. The molecule has 0 aliphatic carbocycles. The van der Waals surface area contributed by atoms with E-state index in [9.17, 15) is 13.2 Å². The Morgan fingerprint density at radius 1 is 0.966 bits per heavy atom. The van der Waals surface area contributed by atoms with E-state index in [0.29, 0.717) is 12.3 Å². The van der Waals surface area contributed by atoms with E-state index in [-0.39, 0.29) is 18.6 Å². The zero-order valence-electron chi connectivity index (χ0n) is 17.4. The van der Waals surface area contributed by atoms with Crippen LogP contribution < -0.4 is 14.8 Å². The number of hydrogen-bond donors (Lipinski definition) is 2. The van der Waals surface area contributed by atoms with Gasteiger partial charge in [-0.3, -0.25) is 4.79 Å². The Hall–Kier alpha value is -2.38. The molecular weight excluding hydrogens is 388 g/mol. The number of rotatable bonds is 10. The SMILES string of the molecule is CC(=O)NCCc1ccc(-c2ccc(OC(C)CNS(=O)(=O)C(C)C)cc2)cc1. The maximum atomic E-state index is 11.8. The lowest BCUT2D eigenvalue weighted by Gasteiger charge is -2.17. The van der Waals surface area contributed by atoms with Crippen molar-refractivity contribution < 1.29 is 17.9 Å². The molecule has 7 heteroatoms. The maximum Gasteiger partial charge on any atom is 0.216 e. The number of sulfonamides is 1. The molecule has 0 aliphatic heterocycles. The Kier molecular flexibility index (Phi) is 8.22. The highest BCUT2D eigenvalue weighted by Crippen LogP contribution is 2.23. The summed E-state index contributed by atoms with van der Waals surface area (Å²) in [6, 6.07) is 16.0. The van der Waals surface area contributed by atoms with E-state index < -0.39 is 15.3 Å². The molecule has 0 aromatic heterocycles. The number of amides is 1. The van der Waals surface area contributed by atoms with Gasteiger partial charge in [-0.1, -0.05) is 36.4 Å². The van der Waals surface area contributed by atoms with E-state index in [0.717, 1.165) is 17.5 Å². The van der Waals surface area contributed by atoms with E-state index in [2.05, 4.69) is 34.3 Å². The zero-order chi connectivity index (χ0) is 21.4. The Morgan fingerprint density at radius 2 is 1.52 bits per heavy atom. The molecule has 2 aromatic rings. The number of ether oxygens (including phenoxy) is 1. The van der Waals surface area contributed by atoms with Gasteiger partial charge in [-0.2, -0.15) is 0 Å². The molecule has 0 radical (unpaired) electrons. The number of benzene rings is 2. The van der Waals surface area contributed by atoms with Gasteiger partial charge in [0.1, 0.15) is 11.9 Å². The van der Waals surface area contributed by atoms with Gasteiger partial charge in [0.05, 0.1) is 5.25 Å². The molecule has 6 nitrogen and oxygen atoms in total. The summed E-state index contributed by atoms with van der Waals surface area (Å²) in [5.74, 6) is 0.674. The minimum Gasteiger partial charge on any atom is -0.489 e. The van der Waals surface area contributed by atoms with Crippen molar-refractivity contribution in [1.82, 2.24) is 10.0 Å². The van der Waals surface area contributed by atoms with E-state index in [4.69, 9.17) is 4.74 Å². The minimum absolute atomic E-state index is 0.0180. The molecule has 0 spiro atoms. The second-order valence-corrected chi connectivity index (χ2v) is 9.65. The number of hydrogen-bond acceptors (Lipinski definition) is 4. The molecule has 0 heterocycles. The van der Waals surface area contributed by atoms with Crippen LogP contribution in [-0.2, 0) is 21.2 Å². The summed E-state index contributed by atoms with van der Waals surface area (Å²) in [6.07, 6.45) is 0.516. The highest BCUT2D eigenvalue weighted by atomic mass is 32.2. The summed E-state index contributed by atoms with van der Waals surface area (Å²) in [5.41, 5.74) is 3.33. The second kappa shape index (κ2) is 10.4. The normalized spacial score (nSPS) is 12.6. The molecule has 1 unspecified atom stereocenters. The molecule has 0 fully saturated rings.